The zero-order valence-corrected chi connectivity index (χ0v) is 9.83. The zero-order chi connectivity index (χ0) is 11.8. The van der Waals surface area contributed by atoms with Crippen molar-refractivity contribution < 1.29 is 13.2 Å². The molecule has 0 aliphatic carbocycles. The van der Waals surface area contributed by atoms with Crippen LogP contribution in [0.2, 0.25) is 5.02 Å². The first kappa shape index (κ1) is 11.3. The quantitative estimate of drug-likeness (QED) is 0.797. The Kier molecular flexibility index (Phi) is 2.86. The number of carbonyl (C=O) groups is 1. The molecule has 0 atom stereocenters. The van der Waals surface area contributed by atoms with Crippen LogP contribution in [0.15, 0.2) is 23.4 Å². The molecule has 1 saturated heterocycles. The molecule has 0 radical (unpaired) electrons. The van der Waals surface area contributed by atoms with Crippen LogP contribution < -0.4 is 0 Å². The lowest BCUT2D eigenvalue weighted by molar-refractivity contribution is -0.123. The van der Waals surface area contributed by atoms with Gasteiger partial charge < -0.3 is 0 Å². The SMILES string of the molecule is O=C1CCCN1S(=O)(=O)c1cnccc1Cl. The molecule has 1 aromatic heterocycles. The first-order valence-corrected chi connectivity index (χ1v) is 6.50. The molecule has 0 N–H and O–H groups in total. The standard InChI is InChI=1S/C9H9ClN2O3S/c10-7-3-4-11-6-8(7)16(14,15)12-5-1-2-9(12)13/h3-4,6H,1-2,5H2. The van der Waals surface area contributed by atoms with Gasteiger partial charge in [0.1, 0.15) is 4.90 Å². The number of nitrogens with zero attached hydrogens (tertiary/aromatic N) is 2. The van der Waals surface area contributed by atoms with E-state index in [0.717, 1.165) is 10.5 Å². The summed E-state index contributed by atoms with van der Waals surface area (Å²) in [6, 6.07) is 1.38. The monoisotopic (exact) mass is 260 g/mol. The molecule has 0 aromatic carbocycles. The van der Waals surface area contributed by atoms with E-state index < -0.39 is 10.0 Å². The van der Waals surface area contributed by atoms with Crippen LogP contribution in [0.3, 0.4) is 0 Å². The first-order chi connectivity index (χ1) is 7.53. The van der Waals surface area contributed by atoms with Gasteiger partial charge in [-0.15, -0.1) is 0 Å². The van der Waals surface area contributed by atoms with Gasteiger partial charge >= 0.3 is 0 Å². The van der Waals surface area contributed by atoms with E-state index in [4.69, 9.17) is 11.6 Å². The second kappa shape index (κ2) is 4.03. The normalized spacial score (nSPS) is 16.8. The molecule has 5 nitrogen and oxygen atoms in total. The Balaban J connectivity index is 2.47. The van der Waals surface area contributed by atoms with E-state index in [1.54, 1.807) is 0 Å². The summed E-state index contributed by atoms with van der Waals surface area (Å²) in [6.45, 7) is 0.215. The minimum atomic E-state index is -3.83. The number of hydrogen-bond donors (Lipinski definition) is 0. The Morgan fingerprint density at radius 2 is 2.19 bits per heavy atom. The number of rotatable bonds is 2. The van der Waals surface area contributed by atoms with Crippen LogP contribution in [0.4, 0.5) is 0 Å². The van der Waals surface area contributed by atoms with Gasteiger partial charge in [-0.05, 0) is 12.5 Å². The Hall–Kier alpha value is -1.14. The van der Waals surface area contributed by atoms with Gasteiger partial charge in [0.05, 0.1) is 5.02 Å². The molecule has 0 bridgehead atoms. The van der Waals surface area contributed by atoms with E-state index in [9.17, 15) is 13.2 Å². The lowest BCUT2D eigenvalue weighted by atomic mass is 10.4. The van der Waals surface area contributed by atoms with Crippen molar-refractivity contribution >= 4 is 27.5 Å². The lowest BCUT2D eigenvalue weighted by Crippen LogP contribution is -2.32. The maximum Gasteiger partial charge on any atom is 0.269 e. The first-order valence-electron chi connectivity index (χ1n) is 4.68. The molecular weight excluding hydrogens is 252 g/mol. The molecule has 7 heteroatoms. The van der Waals surface area contributed by atoms with Gasteiger partial charge in [-0.3, -0.25) is 9.78 Å². The average Bonchev–Trinajstić information content (AvgIpc) is 2.65. The van der Waals surface area contributed by atoms with E-state index in [2.05, 4.69) is 4.98 Å². The largest absolute Gasteiger partial charge is 0.274 e. The van der Waals surface area contributed by atoms with Gasteiger partial charge in [-0.1, -0.05) is 11.6 Å². The van der Waals surface area contributed by atoms with Crippen molar-refractivity contribution in [3.8, 4) is 0 Å². The summed E-state index contributed by atoms with van der Waals surface area (Å²) < 4.78 is 24.9. The van der Waals surface area contributed by atoms with Crippen LogP contribution in [-0.4, -0.2) is 30.2 Å². The Labute approximate surface area is 98.1 Å². The molecule has 86 valence electrons. The summed E-state index contributed by atoms with van der Waals surface area (Å²) >= 11 is 5.78. The van der Waals surface area contributed by atoms with Crippen molar-refractivity contribution in [2.24, 2.45) is 0 Å². The van der Waals surface area contributed by atoms with Gasteiger partial charge in [0.15, 0.2) is 0 Å². The van der Waals surface area contributed by atoms with Gasteiger partial charge in [0.25, 0.3) is 10.0 Å². The number of aromatic nitrogens is 1. The van der Waals surface area contributed by atoms with Crippen molar-refractivity contribution in [2.75, 3.05) is 6.54 Å². The van der Waals surface area contributed by atoms with Crippen LogP contribution >= 0.6 is 11.6 Å². The Morgan fingerprint density at radius 3 is 2.75 bits per heavy atom. The number of sulfonamides is 1. The molecule has 16 heavy (non-hydrogen) atoms. The highest BCUT2D eigenvalue weighted by Crippen LogP contribution is 2.26. The van der Waals surface area contributed by atoms with Crippen molar-refractivity contribution in [1.29, 1.82) is 0 Å². The lowest BCUT2D eigenvalue weighted by Gasteiger charge is -2.16. The van der Waals surface area contributed by atoms with Crippen LogP contribution in [0, 0.1) is 0 Å². The molecule has 0 saturated carbocycles. The molecule has 1 aliphatic rings. The topological polar surface area (TPSA) is 67.3 Å². The molecule has 1 aliphatic heterocycles. The molecule has 2 heterocycles. The van der Waals surface area contributed by atoms with Crippen LogP contribution in [0.25, 0.3) is 0 Å². The Morgan fingerprint density at radius 1 is 1.44 bits per heavy atom. The van der Waals surface area contributed by atoms with Gasteiger partial charge in [-0.25, -0.2) is 12.7 Å². The third-order valence-corrected chi connectivity index (χ3v) is 4.62. The Bertz CT molecular complexity index is 529. The van der Waals surface area contributed by atoms with Crippen molar-refractivity contribution in [3.63, 3.8) is 0 Å². The second-order valence-corrected chi connectivity index (χ2v) is 5.62. The van der Waals surface area contributed by atoms with Crippen LogP contribution in [0.1, 0.15) is 12.8 Å². The molecule has 1 aromatic rings. The van der Waals surface area contributed by atoms with E-state index in [-0.39, 0.29) is 28.8 Å². The minimum absolute atomic E-state index is 0.0784. The number of carbonyl (C=O) groups excluding carboxylic acids is 1. The zero-order valence-electron chi connectivity index (χ0n) is 8.26. The van der Waals surface area contributed by atoms with Gasteiger partial charge in [0.2, 0.25) is 5.91 Å². The summed E-state index contributed by atoms with van der Waals surface area (Å²) in [4.78, 5) is 15.0. The summed E-state index contributed by atoms with van der Waals surface area (Å²) in [6.07, 6.45) is 3.36. The molecule has 0 spiro atoms. The number of amides is 1. The van der Waals surface area contributed by atoms with Crippen molar-refractivity contribution in [1.82, 2.24) is 9.29 Å². The highest BCUT2D eigenvalue weighted by molar-refractivity contribution is 7.89. The highest BCUT2D eigenvalue weighted by atomic mass is 35.5. The molecule has 2 rings (SSSR count). The van der Waals surface area contributed by atoms with Crippen molar-refractivity contribution in [2.45, 2.75) is 17.7 Å². The average molecular weight is 261 g/mol. The molecule has 1 fully saturated rings. The van der Waals surface area contributed by atoms with Crippen LogP contribution in [0.5, 0.6) is 0 Å². The van der Waals surface area contributed by atoms with E-state index in [1.165, 1.54) is 12.3 Å². The predicted octanol–water partition coefficient (Wildman–Crippen LogP) is 1.05. The molecular formula is C9H9ClN2O3S. The fourth-order valence-corrected chi connectivity index (χ4v) is 3.42. The van der Waals surface area contributed by atoms with Gasteiger partial charge in [0, 0.05) is 25.4 Å². The minimum Gasteiger partial charge on any atom is -0.274 e. The van der Waals surface area contributed by atoms with Gasteiger partial charge in [-0.2, -0.15) is 0 Å². The van der Waals surface area contributed by atoms with E-state index >= 15 is 0 Å². The third kappa shape index (κ3) is 1.78. The maximum atomic E-state index is 12.0. The predicted molar refractivity (Wildman–Crippen MR) is 57.4 cm³/mol. The highest BCUT2D eigenvalue weighted by Gasteiger charge is 2.34. The number of halogens is 1. The van der Waals surface area contributed by atoms with Crippen molar-refractivity contribution in [3.05, 3.63) is 23.5 Å². The fourth-order valence-electron chi connectivity index (χ4n) is 1.55. The summed E-state index contributed by atoms with van der Waals surface area (Å²) in [5.74, 6) is -0.389. The summed E-state index contributed by atoms with van der Waals surface area (Å²) in [5, 5.41) is 0.0784. The molecule has 0 unspecified atom stereocenters. The number of hydrogen-bond acceptors (Lipinski definition) is 4. The van der Waals surface area contributed by atoms with Crippen LogP contribution in [-0.2, 0) is 14.8 Å². The summed E-state index contributed by atoms with van der Waals surface area (Å²) in [5.41, 5.74) is 0. The van der Waals surface area contributed by atoms with E-state index in [0.29, 0.717) is 6.42 Å². The number of pyridine rings is 1. The second-order valence-electron chi connectivity index (χ2n) is 3.38. The summed E-state index contributed by atoms with van der Waals surface area (Å²) in [7, 11) is -3.83. The smallest absolute Gasteiger partial charge is 0.269 e. The maximum absolute atomic E-state index is 12.0. The van der Waals surface area contributed by atoms with E-state index in [1.807, 2.05) is 0 Å². The fraction of sp³-hybridized carbons (Fsp3) is 0.333. The molecule has 1 amide bonds. The third-order valence-electron chi connectivity index (χ3n) is 2.33.